The first-order valence-electron chi connectivity index (χ1n) is 7.67. The van der Waals surface area contributed by atoms with E-state index in [1.165, 1.54) is 0 Å². The molecule has 0 saturated carbocycles. The van der Waals surface area contributed by atoms with Crippen molar-refractivity contribution in [3.63, 3.8) is 0 Å². The van der Waals surface area contributed by atoms with Gasteiger partial charge in [-0.05, 0) is 39.0 Å². The van der Waals surface area contributed by atoms with Crippen LogP contribution in [0.4, 0.5) is 5.69 Å². The third-order valence-corrected chi connectivity index (χ3v) is 3.50. The van der Waals surface area contributed by atoms with Gasteiger partial charge < -0.3 is 15.4 Å². The number of anilines is 1. The predicted octanol–water partition coefficient (Wildman–Crippen LogP) is 2.13. The molecule has 1 amide bonds. The summed E-state index contributed by atoms with van der Waals surface area (Å²) < 4.78 is 7.16. The molecule has 6 nitrogen and oxygen atoms in total. The van der Waals surface area contributed by atoms with Crippen LogP contribution >= 0.6 is 0 Å². The van der Waals surface area contributed by atoms with Gasteiger partial charge in [0, 0.05) is 11.7 Å². The van der Waals surface area contributed by atoms with Crippen LogP contribution in [-0.2, 0) is 11.3 Å². The monoisotopic (exact) mass is 316 g/mol. The van der Waals surface area contributed by atoms with E-state index in [2.05, 4.69) is 15.7 Å². The Morgan fingerprint density at radius 3 is 2.74 bits per heavy atom. The second-order valence-electron chi connectivity index (χ2n) is 5.63. The van der Waals surface area contributed by atoms with Crippen LogP contribution < -0.4 is 15.4 Å². The molecule has 23 heavy (non-hydrogen) atoms. The van der Waals surface area contributed by atoms with Gasteiger partial charge in [-0.15, -0.1) is 0 Å². The zero-order valence-electron chi connectivity index (χ0n) is 14.1. The van der Waals surface area contributed by atoms with Crippen molar-refractivity contribution in [2.24, 2.45) is 0 Å². The average Bonchev–Trinajstić information content (AvgIpc) is 2.82. The topological polar surface area (TPSA) is 68.2 Å². The number of aryl methyl sites for hydroxylation is 2. The van der Waals surface area contributed by atoms with Crippen LogP contribution in [0.3, 0.4) is 0 Å². The fourth-order valence-corrected chi connectivity index (χ4v) is 2.46. The molecule has 2 N–H and O–H groups in total. The number of carbonyl (C=O) groups is 1. The summed E-state index contributed by atoms with van der Waals surface area (Å²) in [5.74, 6) is 0.654. The van der Waals surface area contributed by atoms with Gasteiger partial charge in [-0.3, -0.25) is 9.48 Å². The molecule has 0 aliphatic rings. The molecular weight excluding hydrogens is 292 g/mol. The second-order valence-corrected chi connectivity index (χ2v) is 5.63. The van der Waals surface area contributed by atoms with Crippen molar-refractivity contribution in [2.75, 3.05) is 19.0 Å². The van der Waals surface area contributed by atoms with Crippen molar-refractivity contribution in [3.8, 4) is 5.75 Å². The number of rotatable bonds is 7. The second kappa shape index (κ2) is 7.67. The van der Waals surface area contributed by atoms with E-state index in [0.717, 1.165) is 22.8 Å². The van der Waals surface area contributed by atoms with E-state index in [0.29, 0.717) is 6.54 Å². The van der Waals surface area contributed by atoms with E-state index < -0.39 is 0 Å². The predicted molar refractivity (Wildman–Crippen MR) is 90.8 cm³/mol. The van der Waals surface area contributed by atoms with Gasteiger partial charge in [0.1, 0.15) is 5.75 Å². The SMILES string of the molecule is COc1ccccc1NCC(=O)NC(C)Cn1nc(C)cc1C. The van der Waals surface area contributed by atoms with E-state index in [1.807, 2.05) is 55.8 Å². The Morgan fingerprint density at radius 2 is 2.09 bits per heavy atom. The lowest BCUT2D eigenvalue weighted by molar-refractivity contribution is -0.120. The molecular formula is C17H24N4O2. The van der Waals surface area contributed by atoms with E-state index in [9.17, 15) is 4.79 Å². The lowest BCUT2D eigenvalue weighted by Crippen LogP contribution is -2.39. The molecule has 1 heterocycles. The Bertz CT molecular complexity index is 666. The molecule has 0 spiro atoms. The van der Waals surface area contributed by atoms with E-state index in [1.54, 1.807) is 7.11 Å². The smallest absolute Gasteiger partial charge is 0.239 e. The van der Waals surface area contributed by atoms with Gasteiger partial charge >= 0.3 is 0 Å². The summed E-state index contributed by atoms with van der Waals surface area (Å²) in [6.07, 6.45) is 0. The highest BCUT2D eigenvalue weighted by atomic mass is 16.5. The Kier molecular flexibility index (Phi) is 5.62. The summed E-state index contributed by atoms with van der Waals surface area (Å²) in [6, 6.07) is 9.55. The largest absolute Gasteiger partial charge is 0.495 e. The maximum atomic E-state index is 12.1. The molecule has 1 aromatic carbocycles. The number of para-hydroxylation sites is 2. The molecule has 1 atom stereocenters. The molecule has 0 aliphatic carbocycles. The van der Waals surface area contributed by atoms with Gasteiger partial charge in [0.2, 0.25) is 5.91 Å². The van der Waals surface area contributed by atoms with E-state index in [-0.39, 0.29) is 18.5 Å². The van der Waals surface area contributed by atoms with Crippen LogP contribution in [0.1, 0.15) is 18.3 Å². The Balaban J connectivity index is 1.83. The summed E-state index contributed by atoms with van der Waals surface area (Å²) in [4.78, 5) is 12.1. The highest BCUT2D eigenvalue weighted by Gasteiger charge is 2.11. The lowest BCUT2D eigenvalue weighted by Gasteiger charge is -2.16. The standard InChI is InChI=1S/C17H24N4O2/c1-12-9-14(3)21(20-12)11-13(2)19-17(22)10-18-15-7-5-6-8-16(15)23-4/h5-9,13,18H,10-11H2,1-4H3,(H,19,22). The molecule has 0 aliphatic heterocycles. The summed E-state index contributed by atoms with van der Waals surface area (Å²) in [5.41, 5.74) is 2.88. The van der Waals surface area contributed by atoms with Gasteiger partial charge in [-0.2, -0.15) is 5.10 Å². The Morgan fingerprint density at radius 1 is 1.35 bits per heavy atom. The summed E-state index contributed by atoms with van der Waals surface area (Å²) in [6.45, 7) is 6.79. The molecule has 0 saturated heterocycles. The third kappa shape index (κ3) is 4.74. The Labute approximate surface area is 136 Å². The van der Waals surface area contributed by atoms with E-state index >= 15 is 0 Å². The van der Waals surface area contributed by atoms with Crippen LogP contribution in [0.2, 0.25) is 0 Å². The number of amides is 1. The highest BCUT2D eigenvalue weighted by Crippen LogP contribution is 2.22. The quantitative estimate of drug-likeness (QED) is 0.821. The lowest BCUT2D eigenvalue weighted by atomic mass is 10.3. The number of nitrogens with one attached hydrogen (secondary N) is 2. The number of hydrogen-bond donors (Lipinski definition) is 2. The number of benzene rings is 1. The van der Waals surface area contributed by atoms with Crippen molar-refractivity contribution in [1.29, 1.82) is 0 Å². The zero-order valence-corrected chi connectivity index (χ0v) is 14.1. The number of ether oxygens (including phenoxy) is 1. The number of hydrogen-bond acceptors (Lipinski definition) is 4. The maximum absolute atomic E-state index is 12.1. The fraction of sp³-hybridized carbons (Fsp3) is 0.412. The molecule has 2 rings (SSSR count). The van der Waals surface area contributed by atoms with Crippen LogP contribution in [-0.4, -0.2) is 35.4 Å². The normalized spacial score (nSPS) is 11.8. The molecule has 0 fully saturated rings. The van der Waals surface area contributed by atoms with Gasteiger partial charge in [-0.25, -0.2) is 0 Å². The van der Waals surface area contributed by atoms with Crippen LogP contribution in [0.5, 0.6) is 5.75 Å². The number of methoxy groups -OCH3 is 1. The zero-order chi connectivity index (χ0) is 16.8. The van der Waals surface area contributed by atoms with Gasteiger partial charge in [0.05, 0.1) is 31.6 Å². The number of carbonyl (C=O) groups excluding carboxylic acids is 1. The van der Waals surface area contributed by atoms with Crippen molar-refractivity contribution in [3.05, 3.63) is 41.7 Å². The molecule has 6 heteroatoms. The highest BCUT2D eigenvalue weighted by molar-refractivity contribution is 5.81. The molecule has 124 valence electrons. The first kappa shape index (κ1) is 16.9. The molecule has 2 aromatic rings. The Hall–Kier alpha value is -2.50. The summed E-state index contributed by atoms with van der Waals surface area (Å²) in [5, 5.41) is 10.5. The number of aromatic nitrogens is 2. The molecule has 1 aromatic heterocycles. The van der Waals surface area contributed by atoms with Crippen molar-refractivity contribution >= 4 is 11.6 Å². The average molecular weight is 316 g/mol. The summed E-state index contributed by atoms with van der Waals surface area (Å²) >= 11 is 0. The third-order valence-electron chi connectivity index (χ3n) is 3.50. The summed E-state index contributed by atoms with van der Waals surface area (Å²) in [7, 11) is 1.61. The van der Waals surface area contributed by atoms with Crippen molar-refractivity contribution in [2.45, 2.75) is 33.4 Å². The minimum absolute atomic E-state index is 0.0000288. The fourth-order valence-electron chi connectivity index (χ4n) is 2.46. The van der Waals surface area contributed by atoms with Crippen LogP contribution in [0.25, 0.3) is 0 Å². The minimum atomic E-state index is -0.0649. The van der Waals surface area contributed by atoms with E-state index in [4.69, 9.17) is 4.74 Å². The van der Waals surface area contributed by atoms with Gasteiger partial charge in [-0.1, -0.05) is 12.1 Å². The number of nitrogens with zero attached hydrogens (tertiary/aromatic N) is 2. The van der Waals surface area contributed by atoms with Gasteiger partial charge in [0.15, 0.2) is 0 Å². The molecule has 0 bridgehead atoms. The maximum Gasteiger partial charge on any atom is 0.239 e. The first-order valence-corrected chi connectivity index (χ1v) is 7.67. The van der Waals surface area contributed by atoms with Gasteiger partial charge in [0.25, 0.3) is 0 Å². The van der Waals surface area contributed by atoms with Crippen molar-refractivity contribution in [1.82, 2.24) is 15.1 Å². The first-order chi connectivity index (χ1) is 11.0. The minimum Gasteiger partial charge on any atom is -0.495 e. The van der Waals surface area contributed by atoms with Crippen LogP contribution in [0.15, 0.2) is 30.3 Å². The molecule has 1 unspecified atom stereocenters. The molecule has 0 radical (unpaired) electrons. The van der Waals surface area contributed by atoms with Crippen molar-refractivity contribution < 1.29 is 9.53 Å². The van der Waals surface area contributed by atoms with Crippen LogP contribution in [0, 0.1) is 13.8 Å².